The van der Waals surface area contributed by atoms with Crippen LogP contribution in [0, 0.1) is 16.0 Å². The molecular formula is C14H18ClN5O3. The van der Waals surface area contributed by atoms with Gasteiger partial charge in [-0.3, -0.25) is 20.3 Å². The molecule has 23 heavy (non-hydrogen) atoms. The van der Waals surface area contributed by atoms with E-state index in [4.69, 9.17) is 17.3 Å². The van der Waals surface area contributed by atoms with Crippen LogP contribution >= 0.6 is 11.6 Å². The van der Waals surface area contributed by atoms with E-state index in [2.05, 4.69) is 16.2 Å². The molecule has 1 aliphatic carbocycles. The molecule has 2 fully saturated rings. The largest absolute Gasteiger partial charge is 0.381 e. The molecule has 0 spiro atoms. The van der Waals surface area contributed by atoms with Gasteiger partial charge in [0.05, 0.1) is 15.6 Å². The minimum Gasteiger partial charge on any atom is -0.381 e. The van der Waals surface area contributed by atoms with Crippen LogP contribution in [0.2, 0.25) is 5.02 Å². The molecule has 1 saturated carbocycles. The summed E-state index contributed by atoms with van der Waals surface area (Å²) in [6.07, 6.45) is 2.59. The molecule has 1 saturated heterocycles. The van der Waals surface area contributed by atoms with Gasteiger partial charge in [0.15, 0.2) is 0 Å². The molecule has 4 atom stereocenters. The Kier molecular flexibility index (Phi) is 4.38. The van der Waals surface area contributed by atoms with Gasteiger partial charge in [-0.05, 0) is 25.3 Å². The third-order valence-electron chi connectivity index (χ3n) is 4.58. The van der Waals surface area contributed by atoms with Crippen LogP contribution in [0.25, 0.3) is 0 Å². The predicted molar refractivity (Wildman–Crippen MR) is 85.9 cm³/mol. The number of anilines is 1. The molecule has 1 heterocycles. The molecule has 9 heteroatoms. The number of rotatable bonds is 4. The number of fused-ring (bicyclic) bond motifs is 1. The molecule has 1 aromatic rings. The van der Waals surface area contributed by atoms with Crippen LogP contribution in [-0.4, -0.2) is 29.0 Å². The molecule has 8 nitrogen and oxygen atoms in total. The number of benzene rings is 1. The van der Waals surface area contributed by atoms with Crippen LogP contribution in [0.1, 0.15) is 19.3 Å². The number of amides is 1. The first-order valence-electron chi connectivity index (χ1n) is 7.46. The summed E-state index contributed by atoms with van der Waals surface area (Å²) in [5.74, 6) is -0.241. The second kappa shape index (κ2) is 6.31. The zero-order valence-corrected chi connectivity index (χ0v) is 13.0. The lowest BCUT2D eigenvalue weighted by Crippen LogP contribution is -2.44. The summed E-state index contributed by atoms with van der Waals surface area (Å²) in [5.41, 5.74) is 12.1. The number of primary amides is 1. The summed E-state index contributed by atoms with van der Waals surface area (Å²) in [6, 6.07) is 4.36. The minimum atomic E-state index is -0.478. The molecule has 1 amide bonds. The highest BCUT2D eigenvalue weighted by Crippen LogP contribution is 2.34. The normalized spacial score (nSPS) is 29.8. The van der Waals surface area contributed by atoms with Gasteiger partial charge in [-0.1, -0.05) is 11.6 Å². The lowest BCUT2D eigenvalue weighted by atomic mass is 9.79. The van der Waals surface area contributed by atoms with Crippen LogP contribution in [0.3, 0.4) is 0 Å². The number of hydrogen-bond donors (Lipinski definition) is 4. The average molecular weight is 340 g/mol. The summed E-state index contributed by atoms with van der Waals surface area (Å²) in [4.78, 5) is 21.8. The summed E-state index contributed by atoms with van der Waals surface area (Å²) < 4.78 is 0. The van der Waals surface area contributed by atoms with Crippen LogP contribution in [0.4, 0.5) is 11.4 Å². The fourth-order valence-electron chi connectivity index (χ4n) is 3.42. The van der Waals surface area contributed by atoms with Gasteiger partial charge in [0.25, 0.3) is 5.69 Å². The predicted octanol–water partition coefficient (Wildman–Crippen LogP) is 1.16. The number of halogens is 1. The minimum absolute atomic E-state index is 0.0396. The molecule has 4 unspecified atom stereocenters. The number of nitrogens with zero attached hydrogens (tertiary/aromatic N) is 1. The van der Waals surface area contributed by atoms with E-state index in [1.54, 1.807) is 6.07 Å². The second-order valence-corrected chi connectivity index (χ2v) is 6.42. The van der Waals surface area contributed by atoms with Crippen molar-refractivity contribution in [2.45, 2.75) is 37.4 Å². The SMILES string of the molecule is NC(=O)C1NNC2CCC(Nc3ccc([N+](=O)[O-])cc3Cl)CC21. The maximum absolute atomic E-state index is 11.5. The van der Waals surface area contributed by atoms with E-state index in [1.165, 1.54) is 12.1 Å². The van der Waals surface area contributed by atoms with Gasteiger partial charge in [-0.15, -0.1) is 0 Å². The third kappa shape index (κ3) is 3.24. The van der Waals surface area contributed by atoms with Crippen molar-refractivity contribution in [1.29, 1.82) is 0 Å². The zero-order chi connectivity index (χ0) is 16.6. The van der Waals surface area contributed by atoms with Gasteiger partial charge >= 0.3 is 0 Å². The molecule has 2 aliphatic rings. The van der Waals surface area contributed by atoms with Crippen LogP contribution in [0.5, 0.6) is 0 Å². The topological polar surface area (TPSA) is 122 Å². The molecule has 3 rings (SSSR count). The van der Waals surface area contributed by atoms with E-state index in [9.17, 15) is 14.9 Å². The number of nitrogens with one attached hydrogen (secondary N) is 3. The smallest absolute Gasteiger partial charge is 0.271 e. The van der Waals surface area contributed by atoms with Gasteiger partial charge in [0.2, 0.25) is 5.91 Å². The van der Waals surface area contributed by atoms with Gasteiger partial charge < -0.3 is 11.1 Å². The molecule has 5 N–H and O–H groups in total. The summed E-state index contributed by atoms with van der Waals surface area (Å²) >= 11 is 6.12. The summed E-state index contributed by atoms with van der Waals surface area (Å²) in [7, 11) is 0. The molecule has 1 aromatic carbocycles. The van der Waals surface area contributed by atoms with E-state index in [1.807, 2.05) is 0 Å². The Balaban J connectivity index is 1.69. The monoisotopic (exact) mass is 339 g/mol. The standard InChI is InChI=1S/C14H18ClN5O3/c15-10-6-8(20(22)23)2-4-12(10)17-7-1-3-11-9(5-7)13(14(16)21)19-18-11/h2,4,6-7,9,11,13,17-19H,1,3,5H2,(H2,16,21). The van der Waals surface area contributed by atoms with Crippen molar-refractivity contribution in [3.05, 3.63) is 33.3 Å². The number of carbonyl (C=O) groups excluding carboxylic acids is 1. The number of nitro groups is 1. The van der Waals surface area contributed by atoms with Crippen molar-refractivity contribution in [3.8, 4) is 0 Å². The summed E-state index contributed by atoms with van der Waals surface area (Å²) in [6.45, 7) is 0. The lowest BCUT2D eigenvalue weighted by Gasteiger charge is -2.33. The number of hydrazine groups is 1. The van der Waals surface area contributed by atoms with E-state index < -0.39 is 4.92 Å². The Morgan fingerprint density at radius 1 is 1.39 bits per heavy atom. The van der Waals surface area contributed by atoms with Crippen molar-refractivity contribution in [2.75, 3.05) is 5.32 Å². The highest BCUT2D eigenvalue weighted by atomic mass is 35.5. The van der Waals surface area contributed by atoms with Crippen LogP contribution in [0.15, 0.2) is 18.2 Å². The first-order valence-corrected chi connectivity index (χ1v) is 7.84. The summed E-state index contributed by atoms with van der Waals surface area (Å²) in [5, 5.41) is 14.4. The Bertz CT molecular complexity index is 641. The van der Waals surface area contributed by atoms with E-state index in [-0.39, 0.29) is 35.6 Å². The van der Waals surface area contributed by atoms with Gasteiger partial charge in [-0.2, -0.15) is 0 Å². The lowest BCUT2D eigenvalue weighted by molar-refractivity contribution is -0.384. The van der Waals surface area contributed by atoms with Gasteiger partial charge in [0.1, 0.15) is 6.04 Å². The average Bonchev–Trinajstić information content (AvgIpc) is 2.92. The molecule has 0 radical (unpaired) electrons. The molecule has 124 valence electrons. The quantitative estimate of drug-likeness (QED) is 0.482. The highest BCUT2D eigenvalue weighted by Gasteiger charge is 2.42. The molecule has 0 bridgehead atoms. The third-order valence-corrected chi connectivity index (χ3v) is 4.89. The van der Waals surface area contributed by atoms with Gasteiger partial charge in [-0.25, -0.2) is 5.43 Å². The molecular weight excluding hydrogens is 322 g/mol. The highest BCUT2D eigenvalue weighted by molar-refractivity contribution is 6.33. The van der Waals surface area contributed by atoms with Crippen molar-refractivity contribution in [2.24, 2.45) is 11.7 Å². The van der Waals surface area contributed by atoms with Crippen molar-refractivity contribution in [1.82, 2.24) is 10.9 Å². The number of non-ortho nitro benzene ring substituents is 1. The fraction of sp³-hybridized carbons (Fsp3) is 0.500. The van der Waals surface area contributed by atoms with E-state index in [0.29, 0.717) is 10.7 Å². The first-order chi connectivity index (χ1) is 11.0. The Morgan fingerprint density at radius 3 is 2.83 bits per heavy atom. The van der Waals surface area contributed by atoms with Crippen molar-refractivity contribution in [3.63, 3.8) is 0 Å². The number of hydrogen-bond acceptors (Lipinski definition) is 6. The Hall–Kier alpha value is -1.90. The van der Waals surface area contributed by atoms with E-state index >= 15 is 0 Å². The number of nitro benzene ring substituents is 1. The van der Waals surface area contributed by atoms with Crippen molar-refractivity contribution >= 4 is 28.9 Å². The second-order valence-electron chi connectivity index (χ2n) is 6.01. The van der Waals surface area contributed by atoms with Gasteiger partial charge in [0, 0.05) is 30.1 Å². The maximum Gasteiger partial charge on any atom is 0.271 e. The van der Waals surface area contributed by atoms with Crippen LogP contribution < -0.4 is 21.9 Å². The van der Waals surface area contributed by atoms with Crippen molar-refractivity contribution < 1.29 is 9.72 Å². The zero-order valence-electron chi connectivity index (χ0n) is 12.3. The molecule has 1 aliphatic heterocycles. The fourth-order valence-corrected chi connectivity index (χ4v) is 3.65. The van der Waals surface area contributed by atoms with E-state index in [0.717, 1.165) is 19.3 Å². The molecule has 0 aromatic heterocycles. The number of nitrogens with two attached hydrogens (primary N) is 1. The Labute approximate surface area is 137 Å². The van der Waals surface area contributed by atoms with Crippen LogP contribution in [-0.2, 0) is 4.79 Å². The first kappa shape index (κ1) is 16.0. The number of carbonyl (C=O) groups is 1. The Morgan fingerprint density at radius 2 is 2.17 bits per heavy atom. The maximum atomic E-state index is 11.5.